The van der Waals surface area contributed by atoms with Gasteiger partial charge in [0.15, 0.2) is 0 Å². The molecule has 0 saturated carbocycles. The largest absolute Gasteiger partial charge is 0.325 e. The van der Waals surface area contributed by atoms with Crippen molar-refractivity contribution in [2.45, 2.75) is 18.7 Å². The molecule has 6 nitrogen and oxygen atoms in total. The third-order valence-electron chi connectivity index (χ3n) is 5.94. The number of rotatable bonds is 5. The van der Waals surface area contributed by atoms with Gasteiger partial charge >= 0.3 is 0 Å². The van der Waals surface area contributed by atoms with E-state index >= 15 is 0 Å². The minimum Gasteiger partial charge on any atom is -0.325 e. The Balaban J connectivity index is 1.37. The summed E-state index contributed by atoms with van der Waals surface area (Å²) in [5, 5.41) is 4.89. The lowest BCUT2D eigenvalue weighted by Gasteiger charge is -2.33. The predicted octanol–water partition coefficient (Wildman–Crippen LogP) is 3.40. The SMILES string of the molecule is Cc1cccc(NC(=O)CN2CCN(S(=O)(=O)c3ccc4ccccc4c3)CC2)c1C. The summed E-state index contributed by atoms with van der Waals surface area (Å²) < 4.78 is 27.7. The first-order chi connectivity index (χ1) is 14.8. The highest BCUT2D eigenvalue weighted by atomic mass is 32.2. The number of fused-ring (bicyclic) bond motifs is 1. The molecule has 3 aromatic carbocycles. The van der Waals surface area contributed by atoms with Crippen molar-refractivity contribution < 1.29 is 13.2 Å². The topological polar surface area (TPSA) is 69.7 Å². The number of hydrogen-bond acceptors (Lipinski definition) is 4. The lowest BCUT2D eigenvalue weighted by atomic mass is 10.1. The maximum atomic E-state index is 13.1. The van der Waals surface area contributed by atoms with Gasteiger partial charge in [-0.1, -0.05) is 42.5 Å². The molecule has 0 aliphatic carbocycles. The molecule has 1 N–H and O–H groups in total. The van der Waals surface area contributed by atoms with E-state index in [0.29, 0.717) is 31.1 Å². The van der Waals surface area contributed by atoms with Crippen molar-refractivity contribution in [3.63, 3.8) is 0 Å². The first kappa shape index (κ1) is 21.5. The number of hydrogen-bond donors (Lipinski definition) is 1. The average Bonchev–Trinajstić information content (AvgIpc) is 2.77. The fraction of sp³-hybridized carbons (Fsp3) is 0.292. The number of nitrogens with zero attached hydrogens (tertiary/aromatic N) is 2. The zero-order valence-corrected chi connectivity index (χ0v) is 18.7. The van der Waals surface area contributed by atoms with Crippen LogP contribution in [0.2, 0.25) is 0 Å². The number of piperazine rings is 1. The van der Waals surface area contributed by atoms with Crippen molar-refractivity contribution >= 4 is 32.4 Å². The van der Waals surface area contributed by atoms with Crippen molar-refractivity contribution in [1.82, 2.24) is 9.21 Å². The third-order valence-corrected chi connectivity index (χ3v) is 7.83. The molecule has 3 aromatic rings. The Hall–Kier alpha value is -2.74. The monoisotopic (exact) mass is 437 g/mol. The minimum atomic E-state index is -3.56. The highest BCUT2D eigenvalue weighted by Gasteiger charge is 2.29. The molecule has 1 fully saturated rings. The van der Waals surface area contributed by atoms with E-state index in [4.69, 9.17) is 0 Å². The lowest BCUT2D eigenvalue weighted by molar-refractivity contribution is -0.117. The zero-order valence-electron chi connectivity index (χ0n) is 17.8. The molecule has 162 valence electrons. The van der Waals surface area contributed by atoms with Gasteiger partial charge in [0.1, 0.15) is 0 Å². The zero-order chi connectivity index (χ0) is 22.0. The van der Waals surface area contributed by atoms with Crippen molar-refractivity contribution in [2.24, 2.45) is 0 Å². The van der Waals surface area contributed by atoms with Gasteiger partial charge in [0, 0.05) is 31.9 Å². The second-order valence-corrected chi connectivity index (χ2v) is 9.92. The van der Waals surface area contributed by atoms with Crippen LogP contribution in [0.3, 0.4) is 0 Å². The number of carbonyl (C=O) groups excluding carboxylic acids is 1. The van der Waals surface area contributed by atoms with E-state index in [0.717, 1.165) is 27.6 Å². The van der Waals surface area contributed by atoms with Crippen molar-refractivity contribution in [3.8, 4) is 0 Å². The van der Waals surface area contributed by atoms with Crippen molar-refractivity contribution in [3.05, 3.63) is 71.8 Å². The second kappa shape index (κ2) is 8.78. The van der Waals surface area contributed by atoms with E-state index in [1.54, 1.807) is 12.1 Å². The van der Waals surface area contributed by atoms with Crippen LogP contribution in [-0.2, 0) is 14.8 Å². The molecule has 1 amide bonds. The molecular formula is C24H27N3O3S. The Labute approximate surface area is 183 Å². The van der Waals surface area contributed by atoms with Gasteiger partial charge in [-0.2, -0.15) is 4.31 Å². The Bertz CT molecular complexity index is 1220. The first-order valence-electron chi connectivity index (χ1n) is 10.4. The van der Waals surface area contributed by atoms with Gasteiger partial charge in [0.05, 0.1) is 11.4 Å². The predicted molar refractivity (Wildman–Crippen MR) is 124 cm³/mol. The smallest absolute Gasteiger partial charge is 0.243 e. The van der Waals surface area contributed by atoms with E-state index in [1.165, 1.54) is 4.31 Å². The summed E-state index contributed by atoms with van der Waals surface area (Å²) in [5.41, 5.74) is 3.01. The van der Waals surface area contributed by atoms with Crippen LogP contribution < -0.4 is 5.32 Å². The van der Waals surface area contributed by atoms with Crippen molar-refractivity contribution in [1.29, 1.82) is 0 Å². The summed E-state index contributed by atoms with van der Waals surface area (Å²) in [4.78, 5) is 14.8. The molecular weight excluding hydrogens is 410 g/mol. The van der Waals surface area contributed by atoms with Gasteiger partial charge < -0.3 is 5.32 Å². The number of anilines is 1. The van der Waals surface area contributed by atoms with Crippen LogP contribution in [0.5, 0.6) is 0 Å². The Morgan fingerprint density at radius 2 is 1.61 bits per heavy atom. The average molecular weight is 438 g/mol. The van der Waals surface area contributed by atoms with Crippen LogP contribution in [0.15, 0.2) is 65.6 Å². The highest BCUT2D eigenvalue weighted by Crippen LogP contribution is 2.23. The van der Waals surface area contributed by atoms with Gasteiger partial charge in [0.25, 0.3) is 0 Å². The standard InChI is InChI=1S/C24H27N3O3S/c1-18-6-5-9-23(19(18)2)25-24(28)17-26-12-14-27(15-13-26)31(29,30)22-11-10-20-7-3-4-8-21(20)16-22/h3-11,16H,12-15,17H2,1-2H3,(H,25,28). The summed E-state index contributed by atoms with van der Waals surface area (Å²) in [6, 6.07) is 18.8. The van der Waals surface area contributed by atoms with Crippen LogP contribution in [0.25, 0.3) is 10.8 Å². The number of amides is 1. The number of nitrogens with one attached hydrogen (secondary N) is 1. The molecule has 0 spiro atoms. The van der Waals surface area contributed by atoms with Gasteiger partial charge in [-0.25, -0.2) is 8.42 Å². The van der Waals surface area contributed by atoms with Gasteiger partial charge in [-0.3, -0.25) is 9.69 Å². The van der Waals surface area contributed by atoms with Crippen LogP contribution in [-0.4, -0.2) is 56.3 Å². The fourth-order valence-corrected chi connectivity index (χ4v) is 5.34. The minimum absolute atomic E-state index is 0.0838. The molecule has 0 aromatic heterocycles. The van der Waals surface area contributed by atoms with E-state index < -0.39 is 10.0 Å². The maximum absolute atomic E-state index is 13.1. The molecule has 1 aliphatic heterocycles. The van der Waals surface area contributed by atoms with E-state index in [-0.39, 0.29) is 12.5 Å². The van der Waals surface area contributed by atoms with Gasteiger partial charge in [-0.05, 0) is 53.9 Å². The lowest BCUT2D eigenvalue weighted by Crippen LogP contribution is -2.50. The summed E-state index contributed by atoms with van der Waals surface area (Å²) in [5.74, 6) is -0.0838. The van der Waals surface area contributed by atoms with Crippen LogP contribution in [0.4, 0.5) is 5.69 Å². The normalized spacial score (nSPS) is 15.8. The summed E-state index contributed by atoms with van der Waals surface area (Å²) in [6.07, 6.45) is 0. The molecule has 1 heterocycles. The van der Waals surface area contributed by atoms with Gasteiger partial charge in [0.2, 0.25) is 15.9 Å². The summed E-state index contributed by atoms with van der Waals surface area (Å²) in [6.45, 7) is 6.02. The van der Waals surface area contributed by atoms with E-state index in [9.17, 15) is 13.2 Å². The summed E-state index contributed by atoms with van der Waals surface area (Å²) in [7, 11) is -3.56. The number of benzene rings is 3. The van der Waals surface area contributed by atoms with Crippen LogP contribution in [0, 0.1) is 13.8 Å². The number of aryl methyl sites for hydroxylation is 1. The molecule has 0 bridgehead atoms. The molecule has 1 saturated heterocycles. The first-order valence-corrected chi connectivity index (χ1v) is 11.9. The molecule has 31 heavy (non-hydrogen) atoms. The van der Waals surface area contributed by atoms with E-state index in [1.807, 2.05) is 67.3 Å². The van der Waals surface area contributed by atoms with Crippen LogP contribution >= 0.6 is 0 Å². The number of carbonyl (C=O) groups is 1. The number of sulfonamides is 1. The van der Waals surface area contributed by atoms with Crippen LogP contribution in [0.1, 0.15) is 11.1 Å². The maximum Gasteiger partial charge on any atom is 0.243 e. The van der Waals surface area contributed by atoms with Gasteiger partial charge in [-0.15, -0.1) is 0 Å². The quantitative estimate of drug-likeness (QED) is 0.664. The Morgan fingerprint density at radius 1 is 0.903 bits per heavy atom. The fourth-order valence-electron chi connectivity index (χ4n) is 3.88. The molecule has 7 heteroatoms. The Kier molecular flexibility index (Phi) is 6.09. The second-order valence-electron chi connectivity index (χ2n) is 7.98. The molecule has 0 radical (unpaired) electrons. The van der Waals surface area contributed by atoms with Crippen molar-refractivity contribution in [2.75, 3.05) is 38.0 Å². The summed E-state index contributed by atoms with van der Waals surface area (Å²) >= 11 is 0. The molecule has 4 rings (SSSR count). The Morgan fingerprint density at radius 3 is 2.35 bits per heavy atom. The molecule has 1 aliphatic rings. The highest BCUT2D eigenvalue weighted by molar-refractivity contribution is 7.89. The third kappa shape index (κ3) is 4.63. The molecule has 0 unspecified atom stereocenters. The van der Waals surface area contributed by atoms with E-state index in [2.05, 4.69) is 5.32 Å². The molecule has 0 atom stereocenters.